The van der Waals surface area contributed by atoms with Gasteiger partial charge in [-0.3, -0.25) is 0 Å². The molecule has 0 radical (unpaired) electrons. The van der Waals surface area contributed by atoms with Crippen LogP contribution in [-0.4, -0.2) is 352 Å². The Hall–Kier alpha value is 1.60. The number of aliphatic hydroxyl groups is 25. The summed E-state index contributed by atoms with van der Waals surface area (Å²) in [6.45, 7) is -1.38. The molecular weight excluding hydrogens is 1160 g/mol. The second kappa shape index (κ2) is 28.7. The van der Waals surface area contributed by atoms with E-state index in [9.17, 15) is 25.5 Å². The zero-order chi connectivity index (χ0) is 46.5. The maximum atomic E-state index is 9.26. The molecule has 5 fully saturated rings. The quantitative estimate of drug-likeness (QED) is 0.114. The topological polar surface area (TPSA) is 506 Å². The van der Waals surface area contributed by atoms with Gasteiger partial charge in [0.15, 0.2) is 0 Å². The summed E-state index contributed by atoms with van der Waals surface area (Å²) in [5.74, 6) is 0. The Balaban J connectivity index is 0.000000375. The van der Waals surface area contributed by atoms with Crippen molar-refractivity contribution in [2.75, 3.05) is 33.0 Å². The predicted molar refractivity (Wildman–Crippen MR) is 203 cm³/mol. The number of aliphatic hydroxyl groups excluding tert-OH is 25. The van der Waals surface area contributed by atoms with Crippen LogP contribution in [0.2, 0.25) is 24.1 Å². The molecule has 0 aromatic carbocycles. The standard InChI is InChI=1S/5C6H12O5Se/c5*7-1-2-3(8)4(9)5(10)6(11)12-2/h5*2-11H,1H2. The van der Waals surface area contributed by atoms with E-state index in [-0.39, 0.29) is 33.0 Å². The SMILES string of the molecule is OCC1[Se]C(O)C(O)C(O)C1O.OCC1[Se]C(O)C(O)C(O)C1O.OCC1[Se]C(O)C(O)C(O)C1O.OCC1[Se]C(O)C(O)C(O)C1O.OCC1[Se]C(O)C(O)C(O)C1O. The monoisotopic (exact) mass is 1220 g/mol. The van der Waals surface area contributed by atoms with Crippen molar-refractivity contribution in [3.05, 3.63) is 0 Å². The van der Waals surface area contributed by atoms with E-state index in [1.54, 1.807) is 0 Å². The Bertz CT molecular complexity index is 948. The van der Waals surface area contributed by atoms with E-state index in [0.717, 1.165) is 0 Å². The van der Waals surface area contributed by atoms with Gasteiger partial charge in [-0.2, -0.15) is 0 Å². The predicted octanol–water partition coefficient (Wildman–Crippen LogP) is -15.6. The summed E-state index contributed by atoms with van der Waals surface area (Å²) in [5.41, 5.74) is 0. The van der Waals surface area contributed by atoms with Crippen LogP contribution in [0.25, 0.3) is 0 Å². The minimum atomic E-state index is -1.35. The zero-order valence-corrected chi connectivity index (χ0v) is 39.8. The molecule has 25 nitrogen and oxygen atoms in total. The van der Waals surface area contributed by atoms with Crippen LogP contribution in [0.3, 0.4) is 0 Å². The van der Waals surface area contributed by atoms with Crippen molar-refractivity contribution < 1.29 is 128 Å². The van der Waals surface area contributed by atoms with Crippen LogP contribution in [0.5, 0.6) is 0 Å². The van der Waals surface area contributed by atoms with Crippen molar-refractivity contribution in [1.29, 1.82) is 0 Å². The van der Waals surface area contributed by atoms with Gasteiger partial charge in [-0.05, 0) is 0 Å². The molecule has 0 aromatic heterocycles. The van der Waals surface area contributed by atoms with Gasteiger partial charge in [0.05, 0.1) is 0 Å². The van der Waals surface area contributed by atoms with E-state index in [1.807, 2.05) is 0 Å². The molecule has 30 heteroatoms. The Morgan fingerprint density at radius 2 is 0.300 bits per heavy atom. The summed E-state index contributed by atoms with van der Waals surface area (Å²) >= 11 is -2.26. The first kappa shape index (κ1) is 59.6. The van der Waals surface area contributed by atoms with Gasteiger partial charge >= 0.3 is 376 Å². The van der Waals surface area contributed by atoms with E-state index in [4.69, 9.17) is 102 Å². The average molecular weight is 1220 g/mol. The molecule has 0 aromatic rings. The van der Waals surface area contributed by atoms with Crippen LogP contribution >= 0.6 is 0 Å². The summed E-state index contributed by atoms with van der Waals surface area (Å²) in [5, 5.41) is 222. The van der Waals surface area contributed by atoms with Gasteiger partial charge in [-0.1, -0.05) is 0 Å². The molecule has 25 atom stereocenters. The maximum absolute atomic E-state index is 9.26. The summed E-state index contributed by atoms with van der Waals surface area (Å²) in [7, 11) is 0. The Morgan fingerprint density at radius 3 is 0.400 bits per heavy atom. The molecular formula is C30H60O25Se5. The van der Waals surface area contributed by atoms with Gasteiger partial charge in [0.1, 0.15) is 0 Å². The molecule has 25 unspecified atom stereocenters. The molecule has 5 aliphatic heterocycles. The Labute approximate surface area is 374 Å². The van der Waals surface area contributed by atoms with Crippen molar-refractivity contribution in [3.8, 4) is 0 Å². The molecule has 5 saturated heterocycles. The van der Waals surface area contributed by atoms with Crippen molar-refractivity contribution in [2.24, 2.45) is 0 Å². The first-order valence-electron chi connectivity index (χ1n) is 17.8. The fraction of sp³-hybridized carbons (Fsp3) is 1.00. The zero-order valence-electron chi connectivity index (χ0n) is 31.2. The van der Waals surface area contributed by atoms with Gasteiger partial charge < -0.3 is 0 Å². The van der Waals surface area contributed by atoms with Gasteiger partial charge in [0, 0.05) is 0 Å². The second-order valence-corrected chi connectivity index (χ2v) is 27.9. The molecule has 0 aliphatic carbocycles. The van der Waals surface area contributed by atoms with Gasteiger partial charge in [0.2, 0.25) is 0 Å². The van der Waals surface area contributed by atoms with Crippen LogP contribution in [-0.2, 0) is 0 Å². The number of rotatable bonds is 5. The number of hydrogen-bond donors (Lipinski definition) is 25. The molecule has 25 N–H and O–H groups in total. The van der Waals surface area contributed by atoms with Crippen LogP contribution in [0.1, 0.15) is 0 Å². The normalized spacial score (nSPS) is 49.2. The minimum absolute atomic E-state index is 0.276. The van der Waals surface area contributed by atoms with Gasteiger partial charge in [0.25, 0.3) is 0 Å². The summed E-state index contributed by atoms with van der Waals surface area (Å²) < 4.78 is 0. The summed E-state index contributed by atoms with van der Waals surface area (Å²) in [6.07, 6.45) is -18.9. The van der Waals surface area contributed by atoms with Crippen molar-refractivity contribution >= 4 is 74.8 Å². The molecule has 360 valence electrons. The Morgan fingerprint density at radius 1 is 0.183 bits per heavy atom. The third kappa shape index (κ3) is 16.4. The average Bonchev–Trinajstić information content (AvgIpc) is 3.24. The third-order valence-corrected chi connectivity index (χ3v) is 23.3. The molecule has 5 rings (SSSR count). The van der Waals surface area contributed by atoms with Gasteiger partial charge in [-0.25, -0.2) is 0 Å². The van der Waals surface area contributed by atoms with Crippen LogP contribution in [0.4, 0.5) is 0 Å². The van der Waals surface area contributed by atoms with Crippen molar-refractivity contribution in [2.45, 2.75) is 141 Å². The van der Waals surface area contributed by atoms with Crippen molar-refractivity contribution in [3.63, 3.8) is 0 Å². The van der Waals surface area contributed by atoms with Gasteiger partial charge in [-0.15, -0.1) is 0 Å². The van der Waals surface area contributed by atoms with Crippen LogP contribution in [0, 0.1) is 0 Å². The fourth-order valence-corrected chi connectivity index (χ4v) is 16.8. The first-order valence-corrected chi connectivity index (χ1v) is 27.7. The fourth-order valence-electron chi connectivity index (χ4n) is 5.41. The molecule has 60 heavy (non-hydrogen) atoms. The molecule has 0 saturated carbocycles. The number of hydrogen-bond acceptors (Lipinski definition) is 25. The first-order chi connectivity index (χ1) is 27.9. The molecule has 0 amide bonds. The van der Waals surface area contributed by atoms with E-state index >= 15 is 0 Å². The van der Waals surface area contributed by atoms with Crippen molar-refractivity contribution in [1.82, 2.24) is 0 Å². The molecule has 5 heterocycles. The van der Waals surface area contributed by atoms with Crippen LogP contribution < -0.4 is 0 Å². The summed E-state index contributed by atoms with van der Waals surface area (Å²) in [4.78, 5) is -2.47. The van der Waals surface area contributed by atoms with Crippen LogP contribution in [0.15, 0.2) is 0 Å². The molecule has 5 aliphatic rings. The summed E-state index contributed by atoms with van der Waals surface area (Å²) in [6, 6.07) is 0. The van der Waals surface area contributed by atoms with E-state index in [1.165, 1.54) is 0 Å². The van der Waals surface area contributed by atoms with E-state index in [2.05, 4.69) is 0 Å². The molecule has 0 bridgehead atoms. The third-order valence-electron chi connectivity index (χ3n) is 9.34. The Kier molecular flexibility index (Phi) is 28.5. The second-order valence-electron chi connectivity index (χ2n) is 13.6. The molecule has 0 spiro atoms. The van der Waals surface area contributed by atoms with E-state index in [0.29, 0.717) is 0 Å². The van der Waals surface area contributed by atoms with E-state index < -0.39 is 215 Å².